The molecule has 3 nitrogen and oxygen atoms in total. The number of rotatable bonds is 1. The third-order valence-corrected chi connectivity index (χ3v) is 1.94. The van der Waals surface area contributed by atoms with Gasteiger partial charge in [-0.15, -0.1) is 0 Å². The van der Waals surface area contributed by atoms with Crippen molar-refractivity contribution in [1.82, 2.24) is 0 Å². The van der Waals surface area contributed by atoms with Crippen LogP contribution in [0, 0.1) is 6.92 Å². The SMILES string of the molecule is Cc1ccc(Cl)c(N)c1C(=O)O. The van der Waals surface area contributed by atoms with E-state index in [1.54, 1.807) is 19.1 Å². The molecule has 0 saturated heterocycles. The molecular formula is C8H8ClNO2. The summed E-state index contributed by atoms with van der Waals surface area (Å²) < 4.78 is 0. The Morgan fingerprint density at radius 2 is 2.17 bits per heavy atom. The zero-order chi connectivity index (χ0) is 9.30. The molecule has 64 valence electrons. The number of carbonyl (C=O) groups is 1. The van der Waals surface area contributed by atoms with Gasteiger partial charge < -0.3 is 10.8 Å². The summed E-state index contributed by atoms with van der Waals surface area (Å²) in [6, 6.07) is 3.21. The molecule has 12 heavy (non-hydrogen) atoms. The second-order valence-corrected chi connectivity index (χ2v) is 2.87. The summed E-state index contributed by atoms with van der Waals surface area (Å²) in [6.07, 6.45) is 0. The van der Waals surface area contributed by atoms with E-state index in [1.807, 2.05) is 0 Å². The van der Waals surface area contributed by atoms with Gasteiger partial charge in [0.1, 0.15) is 0 Å². The maximum atomic E-state index is 10.7. The number of halogens is 1. The highest BCUT2D eigenvalue weighted by Gasteiger charge is 2.13. The van der Waals surface area contributed by atoms with Crippen molar-refractivity contribution in [3.05, 3.63) is 28.3 Å². The lowest BCUT2D eigenvalue weighted by Crippen LogP contribution is -2.05. The van der Waals surface area contributed by atoms with Gasteiger partial charge in [-0.25, -0.2) is 4.79 Å². The molecule has 0 fully saturated rings. The number of anilines is 1. The van der Waals surface area contributed by atoms with E-state index >= 15 is 0 Å². The second kappa shape index (κ2) is 3.03. The minimum absolute atomic E-state index is 0.0856. The minimum Gasteiger partial charge on any atom is -0.478 e. The molecule has 1 aromatic rings. The molecule has 0 bridgehead atoms. The van der Waals surface area contributed by atoms with Crippen molar-refractivity contribution in [2.45, 2.75) is 6.92 Å². The largest absolute Gasteiger partial charge is 0.478 e. The fourth-order valence-electron chi connectivity index (χ4n) is 0.987. The van der Waals surface area contributed by atoms with Crippen LogP contribution in [0.4, 0.5) is 5.69 Å². The standard InChI is InChI=1S/C8H8ClNO2/c1-4-2-3-5(9)7(10)6(4)8(11)12/h2-3H,10H2,1H3,(H,11,12). The van der Waals surface area contributed by atoms with Crippen molar-refractivity contribution >= 4 is 23.3 Å². The van der Waals surface area contributed by atoms with Crippen molar-refractivity contribution in [3.8, 4) is 0 Å². The van der Waals surface area contributed by atoms with Crippen molar-refractivity contribution in [3.63, 3.8) is 0 Å². The molecule has 3 N–H and O–H groups in total. The molecule has 4 heteroatoms. The zero-order valence-corrected chi connectivity index (χ0v) is 7.22. The minimum atomic E-state index is -1.05. The van der Waals surface area contributed by atoms with Crippen LogP contribution in [-0.4, -0.2) is 11.1 Å². The molecule has 1 aromatic carbocycles. The Bertz CT molecular complexity index is 336. The van der Waals surface area contributed by atoms with E-state index in [-0.39, 0.29) is 16.3 Å². The summed E-state index contributed by atoms with van der Waals surface area (Å²) in [5.74, 6) is -1.05. The average Bonchev–Trinajstić information content (AvgIpc) is 1.97. The van der Waals surface area contributed by atoms with E-state index in [4.69, 9.17) is 22.4 Å². The molecule has 0 aliphatic rings. The Kier molecular flexibility index (Phi) is 2.24. The number of hydrogen-bond acceptors (Lipinski definition) is 2. The fourth-order valence-corrected chi connectivity index (χ4v) is 1.14. The van der Waals surface area contributed by atoms with E-state index in [1.165, 1.54) is 0 Å². The third kappa shape index (κ3) is 1.36. The number of aromatic carboxylic acids is 1. The number of carboxylic acids is 1. The maximum absolute atomic E-state index is 10.7. The average molecular weight is 186 g/mol. The molecule has 0 aromatic heterocycles. The predicted molar refractivity (Wildman–Crippen MR) is 47.6 cm³/mol. The van der Waals surface area contributed by atoms with E-state index in [0.29, 0.717) is 5.56 Å². The van der Waals surface area contributed by atoms with Crippen LogP contribution in [0.1, 0.15) is 15.9 Å². The van der Waals surface area contributed by atoms with Crippen molar-refractivity contribution in [1.29, 1.82) is 0 Å². The lowest BCUT2D eigenvalue weighted by molar-refractivity contribution is 0.0697. The third-order valence-electron chi connectivity index (χ3n) is 1.61. The quantitative estimate of drug-likeness (QED) is 0.658. The Balaban J connectivity index is 3.43. The first-order chi connectivity index (χ1) is 5.54. The van der Waals surface area contributed by atoms with Crippen LogP contribution in [0.2, 0.25) is 5.02 Å². The van der Waals surface area contributed by atoms with Gasteiger partial charge in [0.15, 0.2) is 0 Å². The molecule has 0 aliphatic carbocycles. The van der Waals surface area contributed by atoms with Crippen molar-refractivity contribution < 1.29 is 9.90 Å². The van der Waals surface area contributed by atoms with Crippen LogP contribution in [0.25, 0.3) is 0 Å². The van der Waals surface area contributed by atoms with E-state index in [0.717, 1.165) is 0 Å². The summed E-state index contributed by atoms with van der Waals surface area (Å²) in [5, 5.41) is 9.01. The van der Waals surface area contributed by atoms with Crippen LogP contribution >= 0.6 is 11.6 Å². The molecule has 0 heterocycles. The lowest BCUT2D eigenvalue weighted by atomic mass is 10.1. The van der Waals surface area contributed by atoms with Gasteiger partial charge in [0.25, 0.3) is 0 Å². The van der Waals surface area contributed by atoms with Crippen molar-refractivity contribution in [2.24, 2.45) is 0 Å². The number of nitrogens with two attached hydrogens (primary N) is 1. The second-order valence-electron chi connectivity index (χ2n) is 2.46. The molecule has 0 saturated carbocycles. The molecule has 0 aliphatic heterocycles. The maximum Gasteiger partial charge on any atom is 0.338 e. The highest BCUT2D eigenvalue weighted by molar-refractivity contribution is 6.33. The summed E-state index contributed by atoms with van der Waals surface area (Å²) in [6.45, 7) is 1.68. The van der Waals surface area contributed by atoms with Gasteiger partial charge in [0.05, 0.1) is 16.3 Å². The van der Waals surface area contributed by atoms with E-state index < -0.39 is 5.97 Å². The molecular weight excluding hydrogens is 178 g/mol. The zero-order valence-electron chi connectivity index (χ0n) is 6.47. The van der Waals surface area contributed by atoms with E-state index in [2.05, 4.69) is 0 Å². The Labute approximate surface area is 74.8 Å². The van der Waals surface area contributed by atoms with Crippen LogP contribution in [0.3, 0.4) is 0 Å². The number of benzene rings is 1. The van der Waals surface area contributed by atoms with Gasteiger partial charge >= 0.3 is 5.97 Å². The monoisotopic (exact) mass is 185 g/mol. The van der Waals surface area contributed by atoms with Gasteiger partial charge in [-0.3, -0.25) is 0 Å². The smallest absolute Gasteiger partial charge is 0.338 e. The number of hydrogen-bond donors (Lipinski definition) is 2. The van der Waals surface area contributed by atoms with Crippen LogP contribution in [0.5, 0.6) is 0 Å². The summed E-state index contributed by atoms with van der Waals surface area (Å²) in [5.41, 5.74) is 6.30. The Morgan fingerprint density at radius 1 is 1.58 bits per heavy atom. The van der Waals surface area contributed by atoms with Gasteiger partial charge in [0.2, 0.25) is 0 Å². The molecule has 0 atom stereocenters. The normalized spacial score (nSPS) is 9.83. The van der Waals surface area contributed by atoms with Crippen LogP contribution < -0.4 is 5.73 Å². The predicted octanol–water partition coefficient (Wildman–Crippen LogP) is 1.93. The topological polar surface area (TPSA) is 63.3 Å². The highest BCUT2D eigenvalue weighted by Crippen LogP contribution is 2.25. The molecule has 1 rings (SSSR count). The lowest BCUT2D eigenvalue weighted by Gasteiger charge is -2.05. The van der Waals surface area contributed by atoms with Crippen LogP contribution in [0.15, 0.2) is 12.1 Å². The first-order valence-electron chi connectivity index (χ1n) is 3.32. The van der Waals surface area contributed by atoms with Gasteiger partial charge in [-0.1, -0.05) is 17.7 Å². The Hall–Kier alpha value is -1.22. The van der Waals surface area contributed by atoms with Crippen molar-refractivity contribution in [2.75, 3.05) is 5.73 Å². The molecule has 0 spiro atoms. The van der Waals surface area contributed by atoms with Gasteiger partial charge in [-0.2, -0.15) is 0 Å². The molecule has 0 radical (unpaired) electrons. The summed E-state index contributed by atoms with van der Waals surface area (Å²) in [7, 11) is 0. The Morgan fingerprint density at radius 3 is 2.58 bits per heavy atom. The first kappa shape index (κ1) is 8.87. The summed E-state index contributed by atoms with van der Waals surface area (Å²) in [4.78, 5) is 10.7. The van der Waals surface area contributed by atoms with Gasteiger partial charge in [-0.05, 0) is 18.6 Å². The van der Waals surface area contributed by atoms with E-state index in [9.17, 15) is 4.79 Å². The number of aryl methyl sites for hydroxylation is 1. The highest BCUT2D eigenvalue weighted by atomic mass is 35.5. The first-order valence-corrected chi connectivity index (χ1v) is 3.69. The van der Waals surface area contributed by atoms with Crippen LogP contribution in [-0.2, 0) is 0 Å². The number of carboxylic acid groups (broad SMARTS) is 1. The fraction of sp³-hybridized carbons (Fsp3) is 0.125. The summed E-state index contributed by atoms with van der Waals surface area (Å²) >= 11 is 5.64. The number of nitrogen functional groups attached to an aromatic ring is 1. The van der Waals surface area contributed by atoms with Gasteiger partial charge in [0, 0.05) is 0 Å². The molecule has 0 unspecified atom stereocenters. The molecule has 0 amide bonds.